The molecule has 3 aliphatic carbocycles. The number of unbranched alkanes of at least 4 members (excludes halogenated alkanes) is 4. The van der Waals surface area contributed by atoms with Crippen molar-refractivity contribution in [2.45, 2.75) is 129 Å². The Labute approximate surface area is 249 Å². The maximum atomic E-state index is 13.8. The molecule has 1 amide bonds. The summed E-state index contributed by atoms with van der Waals surface area (Å²) in [7, 11) is -0.460. The fraction of sp³-hybridized carbons (Fsp3) is 0.806. The van der Waals surface area contributed by atoms with Crippen LogP contribution in [0.15, 0.2) is 29.4 Å². The normalized spacial score (nSPS) is 28.2. The topological polar surface area (TPSA) is 136 Å². The van der Waals surface area contributed by atoms with Crippen molar-refractivity contribution in [2.24, 2.45) is 39.7 Å². The Morgan fingerprint density at radius 2 is 1.93 bits per heavy atom. The van der Waals surface area contributed by atoms with E-state index in [1.807, 2.05) is 6.08 Å². The molecule has 6 atom stereocenters. The fourth-order valence-corrected chi connectivity index (χ4v) is 7.10. The number of carbonyl (C=O) groups excluding carboxylic acids is 1. The lowest BCUT2D eigenvalue weighted by molar-refractivity contribution is -0.199. The van der Waals surface area contributed by atoms with Crippen molar-refractivity contribution < 1.29 is 14.1 Å². The van der Waals surface area contributed by atoms with E-state index >= 15 is 0 Å². The van der Waals surface area contributed by atoms with Crippen LogP contribution in [-0.4, -0.2) is 49.2 Å². The van der Waals surface area contributed by atoms with E-state index in [0.29, 0.717) is 37.1 Å². The molecule has 4 fully saturated rings. The molecule has 0 spiro atoms. The lowest BCUT2D eigenvalue weighted by Crippen LogP contribution is -2.65. The van der Waals surface area contributed by atoms with Gasteiger partial charge in [0.15, 0.2) is 0 Å². The van der Waals surface area contributed by atoms with Crippen molar-refractivity contribution in [3.05, 3.63) is 24.4 Å². The molecule has 4 rings (SSSR count). The molecule has 0 radical (unpaired) electrons. The van der Waals surface area contributed by atoms with Crippen LogP contribution in [0.2, 0.25) is 0 Å². The summed E-state index contributed by atoms with van der Waals surface area (Å²) in [4.78, 5) is 18.0. The van der Waals surface area contributed by atoms with Crippen LogP contribution >= 0.6 is 0 Å². The van der Waals surface area contributed by atoms with Gasteiger partial charge in [0.25, 0.3) is 0 Å². The first-order valence-corrected chi connectivity index (χ1v) is 15.9. The summed E-state index contributed by atoms with van der Waals surface area (Å²) in [6.07, 6.45) is 14.3. The second kappa shape index (κ2) is 14.9. The standard InChI is InChI=1S/C31H57BN6O3/c1-8-9-10-11-12-13-15-22(4)36-24(16-14-17-35-29(33)38-34)28(39)37-27(18-21(2)3)32-40-26-20-23-19-25(30(23,5)6)31(26,7)41-32/h13,15,21,23-27,36H,4,8-12,14,16-20,34H2,1-3,5-7H3,(H,37,39)(H3,33,35,38)/b15-13+/t23-,24-,25-,26+,27-,31-/m0/s1. The highest BCUT2D eigenvalue weighted by molar-refractivity contribution is 6.47. The van der Waals surface area contributed by atoms with E-state index in [1.54, 1.807) is 0 Å². The molecule has 1 heterocycles. The Balaban J connectivity index is 1.66. The first kappa shape index (κ1) is 33.5. The molecule has 1 saturated heterocycles. The minimum atomic E-state index is -0.477. The highest BCUT2D eigenvalue weighted by atomic mass is 16.7. The summed E-state index contributed by atoms with van der Waals surface area (Å²) < 4.78 is 13.3. The zero-order valence-corrected chi connectivity index (χ0v) is 26.5. The number of allylic oxidation sites excluding steroid dienone is 2. The molecule has 3 saturated carbocycles. The van der Waals surface area contributed by atoms with Crippen LogP contribution in [-0.2, 0) is 14.1 Å². The molecular weight excluding hydrogens is 515 g/mol. The predicted octanol–water partition coefficient (Wildman–Crippen LogP) is 4.34. The molecule has 0 aromatic heterocycles. The predicted molar refractivity (Wildman–Crippen MR) is 169 cm³/mol. The Kier molecular flexibility index (Phi) is 12.2. The SMILES string of the molecule is C=C(/C=C/CCCCCC)N[C@@H](CCCN=C(N)NN)C(=O)N[C@@H](CC(C)C)B1O[C@@H]2C[C@@H]3C[C@@H](C3(C)C)[C@]2(C)O1. The van der Waals surface area contributed by atoms with Crippen LogP contribution in [0, 0.1) is 23.2 Å². The van der Waals surface area contributed by atoms with Crippen molar-refractivity contribution >= 4 is 19.0 Å². The Morgan fingerprint density at radius 3 is 2.59 bits per heavy atom. The number of nitrogens with zero attached hydrogens (tertiary/aromatic N) is 1. The number of rotatable bonds is 17. The first-order valence-electron chi connectivity index (χ1n) is 15.9. The number of carbonyl (C=O) groups is 1. The average Bonchev–Trinajstić information content (AvgIpc) is 3.28. The summed E-state index contributed by atoms with van der Waals surface area (Å²) in [5.74, 6) is 6.69. The van der Waals surface area contributed by atoms with Gasteiger partial charge in [-0.1, -0.05) is 66.5 Å². The molecule has 9 nitrogen and oxygen atoms in total. The molecule has 232 valence electrons. The van der Waals surface area contributed by atoms with E-state index in [0.717, 1.165) is 31.4 Å². The second-order valence-electron chi connectivity index (χ2n) is 13.6. The van der Waals surface area contributed by atoms with Gasteiger partial charge >= 0.3 is 7.12 Å². The second-order valence-corrected chi connectivity index (χ2v) is 13.6. The molecular formula is C31H57BN6O3. The molecule has 0 unspecified atom stereocenters. The lowest BCUT2D eigenvalue weighted by atomic mass is 9.43. The van der Waals surface area contributed by atoms with Gasteiger partial charge in [0, 0.05) is 12.2 Å². The third-order valence-corrected chi connectivity index (χ3v) is 9.65. The minimum Gasteiger partial charge on any atom is -0.404 e. The number of nitrogens with two attached hydrogens (primary N) is 2. The smallest absolute Gasteiger partial charge is 0.404 e. The number of aliphatic imine (C=N–C) groups is 1. The van der Waals surface area contributed by atoms with E-state index in [-0.39, 0.29) is 34.9 Å². The molecule has 7 N–H and O–H groups in total. The summed E-state index contributed by atoms with van der Waals surface area (Å²) >= 11 is 0. The Bertz CT molecular complexity index is 941. The fourth-order valence-electron chi connectivity index (χ4n) is 7.10. The highest BCUT2D eigenvalue weighted by Gasteiger charge is 2.68. The summed E-state index contributed by atoms with van der Waals surface area (Å²) in [6.45, 7) is 18.1. The van der Waals surface area contributed by atoms with Crippen molar-refractivity contribution in [3.63, 3.8) is 0 Å². The third-order valence-electron chi connectivity index (χ3n) is 9.65. The number of guanidine groups is 1. The van der Waals surface area contributed by atoms with Crippen LogP contribution in [0.4, 0.5) is 0 Å². The summed E-state index contributed by atoms with van der Waals surface area (Å²) in [5, 5.41) is 6.67. The molecule has 10 heteroatoms. The minimum absolute atomic E-state index is 0.0754. The van der Waals surface area contributed by atoms with E-state index in [9.17, 15) is 4.79 Å². The maximum Gasteiger partial charge on any atom is 0.481 e. The van der Waals surface area contributed by atoms with Gasteiger partial charge in [-0.25, -0.2) is 5.84 Å². The zero-order valence-electron chi connectivity index (χ0n) is 26.5. The number of hydrogen-bond donors (Lipinski definition) is 5. The first-order chi connectivity index (χ1) is 19.4. The van der Waals surface area contributed by atoms with Gasteiger partial charge in [0.2, 0.25) is 11.9 Å². The number of hydrazine groups is 1. The Morgan fingerprint density at radius 1 is 1.17 bits per heavy atom. The molecule has 2 bridgehead atoms. The van der Waals surface area contributed by atoms with Gasteiger partial charge in [-0.15, -0.1) is 0 Å². The quantitative estimate of drug-likeness (QED) is 0.0333. The van der Waals surface area contributed by atoms with Crippen LogP contribution in [0.5, 0.6) is 0 Å². The van der Waals surface area contributed by atoms with E-state index in [2.05, 4.69) is 75.2 Å². The zero-order chi connectivity index (χ0) is 30.2. The van der Waals surface area contributed by atoms with Gasteiger partial charge in [0.1, 0.15) is 6.04 Å². The van der Waals surface area contributed by atoms with Crippen LogP contribution in [0.3, 0.4) is 0 Å². The molecule has 0 aromatic carbocycles. The summed E-state index contributed by atoms with van der Waals surface area (Å²) in [5.41, 5.74) is 8.69. The largest absolute Gasteiger partial charge is 0.481 e. The number of nitrogens with one attached hydrogen (secondary N) is 3. The van der Waals surface area contributed by atoms with Crippen LogP contribution in [0.25, 0.3) is 0 Å². The monoisotopic (exact) mass is 572 g/mol. The third kappa shape index (κ3) is 8.51. The highest BCUT2D eigenvalue weighted by Crippen LogP contribution is 2.65. The van der Waals surface area contributed by atoms with Crippen LogP contribution < -0.4 is 27.6 Å². The number of hydrogen-bond acceptors (Lipinski definition) is 6. The molecule has 4 aliphatic rings. The van der Waals surface area contributed by atoms with Crippen molar-refractivity contribution in [3.8, 4) is 0 Å². The van der Waals surface area contributed by atoms with Crippen molar-refractivity contribution in [1.82, 2.24) is 16.1 Å². The van der Waals surface area contributed by atoms with Crippen molar-refractivity contribution in [1.29, 1.82) is 0 Å². The van der Waals surface area contributed by atoms with Crippen LogP contribution in [0.1, 0.15) is 106 Å². The molecule has 41 heavy (non-hydrogen) atoms. The van der Waals surface area contributed by atoms with E-state index in [4.69, 9.17) is 20.9 Å². The van der Waals surface area contributed by atoms with Gasteiger partial charge in [0.05, 0.1) is 17.6 Å². The van der Waals surface area contributed by atoms with Gasteiger partial charge < -0.3 is 25.7 Å². The number of amides is 1. The van der Waals surface area contributed by atoms with Gasteiger partial charge in [-0.3, -0.25) is 15.2 Å². The average molecular weight is 573 g/mol. The van der Waals surface area contributed by atoms with E-state index < -0.39 is 13.2 Å². The lowest BCUT2D eigenvalue weighted by Gasteiger charge is -2.64. The molecule has 1 aliphatic heterocycles. The summed E-state index contributed by atoms with van der Waals surface area (Å²) in [6, 6.07) is -0.477. The van der Waals surface area contributed by atoms with E-state index in [1.165, 1.54) is 25.7 Å². The molecule has 0 aromatic rings. The Hall–Kier alpha value is -2.04. The van der Waals surface area contributed by atoms with Gasteiger partial charge in [-0.05, 0) is 81.1 Å². The van der Waals surface area contributed by atoms with Gasteiger partial charge in [-0.2, -0.15) is 0 Å². The maximum absolute atomic E-state index is 13.8. The van der Waals surface area contributed by atoms with Crippen molar-refractivity contribution in [2.75, 3.05) is 6.54 Å².